The van der Waals surface area contributed by atoms with Gasteiger partial charge in [-0.2, -0.15) is 5.10 Å². The van der Waals surface area contributed by atoms with Crippen LogP contribution in [0.5, 0.6) is 0 Å². The number of aromatic carboxylic acids is 1. The summed E-state index contributed by atoms with van der Waals surface area (Å²) in [6.45, 7) is 0. The largest absolute Gasteiger partial charge is 0.478 e. The lowest BCUT2D eigenvalue weighted by molar-refractivity contribution is 0.0696. The van der Waals surface area contributed by atoms with Crippen LogP contribution in [0.4, 0.5) is 0 Å². The van der Waals surface area contributed by atoms with Gasteiger partial charge in [0.1, 0.15) is 12.7 Å². The molecule has 0 atom stereocenters. The molecule has 1 aromatic carbocycles. The molecule has 0 bridgehead atoms. The van der Waals surface area contributed by atoms with Gasteiger partial charge in [0.15, 0.2) is 0 Å². The highest BCUT2D eigenvalue weighted by Crippen LogP contribution is 2.20. The smallest absolute Gasteiger partial charge is 0.337 e. The molecule has 0 saturated carbocycles. The summed E-state index contributed by atoms with van der Waals surface area (Å²) in [6.07, 6.45) is 2.60. The van der Waals surface area contributed by atoms with Crippen molar-refractivity contribution in [2.45, 2.75) is 4.90 Å². The Kier molecular flexibility index (Phi) is 3.55. The molecule has 0 spiro atoms. The van der Waals surface area contributed by atoms with Gasteiger partial charge < -0.3 is 5.11 Å². The number of hydrogen-bond donors (Lipinski definition) is 1. The molecule has 0 aliphatic carbocycles. The van der Waals surface area contributed by atoms with E-state index in [2.05, 4.69) is 10.1 Å². The predicted octanol–water partition coefficient (Wildman–Crippen LogP) is 0.216. The van der Waals surface area contributed by atoms with E-state index in [1.165, 1.54) is 43.6 Å². The molecule has 1 heterocycles. The summed E-state index contributed by atoms with van der Waals surface area (Å²) in [4.78, 5) is 14.9. The van der Waals surface area contributed by atoms with Crippen LogP contribution in [-0.2, 0) is 10.0 Å². The minimum atomic E-state index is -3.69. The lowest BCUT2D eigenvalue weighted by Crippen LogP contribution is -2.22. The van der Waals surface area contributed by atoms with E-state index >= 15 is 0 Å². The number of nitrogens with zero attached hydrogens (tertiary/aromatic N) is 4. The molecule has 106 valence electrons. The van der Waals surface area contributed by atoms with Gasteiger partial charge in [-0.05, 0) is 18.2 Å². The molecular weight excluding hydrogens is 284 g/mol. The Bertz CT molecular complexity index is 738. The molecule has 0 saturated heterocycles. The number of carbonyl (C=O) groups is 1. The van der Waals surface area contributed by atoms with Crippen molar-refractivity contribution in [3.63, 3.8) is 0 Å². The van der Waals surface area contributed by atoms with Crippen molar-refractivity contribution in [2.24, 2.45) is 0 Å². The van der Waals surface area contributed by atoms with E-state index in [9.17, 15) is 18.3 Å². The van der Waals surface area contributed by atoms with Crippen molar-refractivity contribution < 1.29 is 18.3 Å². The number of carboxylic acid groups (broad SMARTS) is 1. The van der Waals surface area contributed by atoms with E-state index in [4.69, 9.17) is 0 Å². The predicted molar refractivity (Wildman–Crippen MR) is 69.2 cm³/mol. The third-order valence-electron chi connectivity index (χ3n) is 2.64. The van der Waals surface area contributed by atoms with Gasteiger partial charge in [0.2, 0.25) is 10.0 Å². The molecule has 2 rings (SSSR count). The van der Waals surface area contributed by atoms with Gasteiger partial charge in [0, 0.05) is 14.1 Å². The standard InChI is InChI=1S/C11H12N4O4S/c1-14(2)20(18,19)8-3-4-10(9(5-8)11(16)17)15-7-12-6-13-15/h3-7H,1-2H3,(H,16,17). The molecule has 0 amide bonds. The third-order valence-corrected chi connectivity index (χ3v) is 4.45. The van der Waals surface area contributed by atoms with Crippen molar-refractivity contribution in [3.8, 4) is 5.69 Å². The second-order valence-corrected chi connectivity index (χ2v) is 6.26. The van der Waals surface area contributed by atoms with Gasteiger partial charge in [0.05, 0.1) is 16.1 Å². The van der Waals surface area contributed by atoms with E-state index in [0.29, 0.717) is 0 Å². The van der Waals surface area contributed by atoms with E-state index in [-0.39, 0.29) is 16.1 Å². The van der Waals surface area contributed by atoms with Crippen LogP contribution in [0.3, 0.4) is 0 Å². The molecule has 20 heavy (non-hydrogen) atoms. The fraction of sp³-hybridized carbons (Fsp3) is 0.182. The Morgan fingerprint density at radius 3 is 2.55 bits per heavy atom. The molecule has 2 aromatic rings. The zero-order chi connectivity index (χ0) is 14.9. The fourth-order valence-corrected chi connectivity index (χ4v) is 2.52. The third kappa shape index (κ3) is 2.40. The number of rotatable bonds is 4. The maximum Gasteiger partial charge on any atom is 0.337 e. The van der Waals surface area contributed by atoms with Crippen molar-refractivity contribution >= 4 is 16.0 Å². The van der Waals surface area contributed by atoms with Crippen LogP contribution in [-0.4, -0.2) is 52.7 Å². The summed E-state index contributed by atoms with van der Waals surface area (Å²) in [7, 11) is -0.942. The van der Waals surface area contributed by atoms with Crippen LogP contribution in [0.1, 0.15) is 10.4 Å². The second-order valence-electron chi connectivity index (χ2n) is 4.11. The van der Waals surface area contributed by atoms with Gasteiger partial charge in [0.25, 0.3) is 0 Å². The summed E-state index contributed by atoms with van der Waals surface area (Å²) in [6, 6.07) is 3.82. The average molecular weight is 296 g/mol. The van der Waals surface area contributed by atoms with Crippen molar-refractivity contribution in [1.29, 1.82) is 0 Å². The molecule has 0 aliphatic heterocycles. The molecule has 9 heteroatoms. The van der Waals surface area contributed by atoms with Gasteiger partial charge in [-0.1, -0.05) is 0 Å². The van der Waals surface area contributed by atoms with Crippen LogP contribution in [0.2, 0.25) is 0 Å². The first-order chi connectivity index (χ1) is 9.34. The number of sulfonamides is 1. The average Bonchev–Trinajstić information content (AvgIpc) is 2.91. The summed E-state index contributed by atoms with van der Waals surface area (Å²) in [5.41, 5.74) is 0.0751. The van der Waals surface area contributed by atoms with Crippen molar-refractivity contribution in [3.05, 3.63) is 36.4 Å². The van der Waals surface area contributed by atoms with Crippen molar-refractivity contribution in [1.82, 2.24) is 19.1 Å². The molecule has 8 nitrogen and oxygen atoms in total. The summed E-state index contributed by atoms with van der Waals surface area (Å²) < 4.78 is 26.3. The SMILES string of the molecule is CN(C)S(=O)(=O)c1ccc(-n2cncn2)c(C(=O)O)c1. The molecule has 0 aliphatic rings. The van der Waals surface area contributed by atoms with E-state index in [1.54, 1.807) is 0 Å². The summed E-state index contributed by atoms with van der Waals surface area (Å²) in [5.74, 6) is -1.24. The highest BCUT2D eigenvalue weighted by atomic mass is 32.2. The lowest BCUT2D eigenvalue weighted by Gasteiger charge is -2.13. The van der Waals surface area contributed by atoms with Crippen LogP contribution in [0.25, 0.3) is 5.69 Å². The first-order valence-corrected chi connectivity index (χ1v) is 6.93. The van der Waals surface area contributed by atoms with Gasteiger partial charge >= 0.3 is 5.97 Å². The molecule has 1 N–H and O–H groups in total. The Hall–Kier alpha value is -2.26. The quantitative estimate of drug-likeness (QED) is 0.865. The monoisotopic (exact) mass is 296 g/mol. The van der Waals surface area contributed by atoms with E-state index < -0.39 is 16.0 Å². The Morgan fingerprint density at radius 1 is 1.35 bits per heavy atom. The van der Waals surface area contributed by atoms with Gasteiger partial charge in [-0.15, -0.1) is 0 Å². The summed E-state index contributed by atoms with van der Waals surface area (Å²) >= 11 is 0. The molecule has 0 fully saturated rings. The van der Waals surface area contributed by atoms with E-state index in [0.717, 1.165) is 10.4 Å². The first kappa shape index (κ1) is 14.2. The molecular formula is C11H12N4O4S. The fourth-order valence-electron chi connectivity index (χ4n) is 1.59. The van der Waals surface area contributed by atoms with Crippen LogP contribution in [0, 0.1) is 0 Å². The highest BCUT2D eigenvalue weighted by Gasteiger charge is 2.21. The Morgan fingerprint density at radius 2 is 2.05 bits per heavy atom. The molecule has 1 aromatic heterocycles. The second kappa shape index (κ2) is 5.02. The lowest BCUT2D eigenvalue weighted by atomic mass is 10.2. The van der Waals surface area contributed by atoms with E-state index in [1.807, 2.05) is 0 Å². The Labute approximate surface area is 115 Å². The minimum absolute atomic E-state index is 0.0937. The Balaban J connectivity index is 2.64. The van der Waals surface area contributed by atoms with Crippen molar-refractivity contribution in [2.75, 3.05) is 14.1 Å². The van der Waals surface area contributed by atoms with Crippen LogP contribution >= 0.6 is 0 Å². The zero-order valence-electron chi connectivity index (χ0n) is 10.8. The van der Waals surface area contributed by atoms with Gasteiger partial charge in [-0.25, -0.2) is 27.2 Å². The zero-order valence-corrected chi connectivity index (χ0v) is 11.6. The maximum absolute atomic E-state index is 12.0. The summed E-state index contributed by atoms with van der Waals surface area (Å²) in [5, 5.41) is 13.1. The number of carboxylic acids is 1. The maximum atomic E-state index is 12.0. The first-order valence-electron chi connectivity index (χ1n) is 5.49. The highest BCUT2D eigenvalue weighted by molar-refractivity contribution is 7.89. The van der Waals surface area contributed by atoms with Gasteiger partial charge in [-0.3, -0.25) is 0 Å². The number of aromatic nitrogens is 3. The normalized spacial score (nSPS) is 11.8. The molecule has 0 radical (unpaired) electrons. The topological polar surface area (TPSA) is 105 Å². The number of hydrogen-bond acceptors (Lipinski definition) is 5. The van der Waals surface area contributed by atoms with Crippen LogP contribution < -0.4 is 0 Å². The molecule has 0 unspecified atom stereocenters. The number of benzene rings is 1. The van der Waals surface area contributed by atoms with Crippen LogP contribution in [0.15, 0.2) is 35.7 Å². The minimum Gasteiger partial charge on any atom is -0.478 e.